The number of anilines is 1. The maximum absolute atomic E-state index is 13.0. The fourth-order valence-corrected chi connectivity index (χ4v) is 3.03. The Morgan fingerprint density at radius 1 is 0.962 bits per heavy atom. The molecule has 1 aliphatic rings. The summed E-state index contributed by atoms with van der Waals surface area (Å²) in [7, 11) is 0. The Hall–Kier alpha value is -2.63. The lowest BCUT2D eigenvalue weighted by atomic mass is 10.2. The molecule has 1 amide bonds. The highest BCUT2D eigenvalue weighted by Gasteiger charge is 2.28. The Morgan fingerprint density at radius 2 is 1.50 bits per heavy atom. The summed E-state index contributed by atoms with van der Waals surface area (Å²) in [4.78, 5) is 16.7. The van der Waals surface area contributed by atoms with Gasteiger partial charge in [0.1, 0.15) is 17.4 Å². The molecular formula is C20H22F2N2O2. The molecule has 4 nitrogen and oxygen atoms in total. The fourth-order valence-electron chi connectivity index (χ4n) is 3.03. The lowest BCUT2D eigenvalue weighted by Crippen LogP contribution is -2.52. The van der Waals surface area contributed by atoms with Gasteiger partial charge in [-0.25, -0.2) is 8.78 Å². The van der Waals surface area contributed by atoms with Crippen molar-refractivity contribution in [1.82, 2.24) is 4.90 Å². The quantitative estimate of drug-likeness (QED) is 0.819. The third kappa shape index (κ3) is 4.31. The Balaban J connectivity index is 1.57. The number of halogens is 2. The highest BCUT2D eigenvalue weighted by molar-refractivity contribution is 5.81. The van der Waals surface area contributed by atoms with Crippen LogP contribution in [0.3, 0.4) is 0 Å². The van der Waals surface area contributed by atoms with Gasteiger partial charge in [-0.1, -0.05) is 6.92 Å². The second-order valence-corrected chi connectivity index (χ2v) is 6.26. The molecule has 1 fully saturated rings. The number of hydrogen-bond donors (Lipinski definition) is 0. The highest BCUT2D eigenvalue weighted by atomic mass is 19.1. The van der Waals surface area contributed by atoms with E-state index in [4.69, 9.17) is 4.74 Å². The minimum Gasteiger partial charge on any atom is -0.481 e. The molecule has 0 radical (unpaired) electrons. The second kappa shape index (κ2) is 8.17. The molecule has 0 saturated carbocycles. The maximum Gasteiger partial charge on any atom is 0.263 e. The van der Waals surface area contributed by atoms with Crippen molar-refractivity contribution in [3.05, 3.63) is 60.2 Å². The van der Waals surface area contributed by atoms with Crippen molar-refractivity contribution >= 4 is 11.6 Å². The molecule has 1 heterocycles. The number of benzene rings is 2. The van der Waals surface area contributed by atoms with Gasteiger partial charge in [0.15, 0.2) is 6.10 Å². The van der Waals surface area contributed by atoms with E-state index >= 15 is 0 Å². The number of rotatable bonds is 5. The van der Waals surface area contributed by atoms with Crippen molar-refractivity contribution in [3.8, 4) is 5.75 Å². The lowest BCUT2D eigenvalue weighted by Gasteiger charge is -2.37. The molecule has 0 N–H and O–H groups in total. The number of hydrogen-bond acceptors (Lipinski definition) is 3. The van der Waals surface area contributed by atoms with Gasteiger partial charge in [-0.05, 0) is 55.0 Å². The topological polar surface area (TPSA) is 32.8 Å². The van der Waals surface area contributed by atoms with Crippen molar-refractivity contribution in [2.45, 2.75) is 19.4 Å². The molecule has 0 spiro atoms. The van der Waals surface area contributed by atoms with Gasteiger partial charge in [0, 0.05) is 31.9 Å². The first kappa shape index (κ1) is 18.2. The maximum atomic E-state index is 13.0. The monoisotopic (exact) mass is 360 g/mol. The first-order valence-electron chi connectivity index (χ1n) is 8.78. The molecule has 138 valence electrons. The third-order valence-corrected chi connectivity index (χ3v) is 4.52. The molecule has 0 bridgehead atoms. The third-order valence-electron chi connectivity index (χ3n) is 4.52. The molecule has 1 saturated heterocycles. The molecule has 1 aliphatic heterocycles. The standard InChI is InChI=1S/C20H22F2N2O2/c1-2-19(26-18-9-5-16(22)6-10-18)20(25)24-13-11-23(12-14-24)17-7-3-15(21)4-8-17/h3-10,19H,2,11-14H2,1H3. The molecule has 1 atom stereocenters. The van der Waals surface area contributed by atoms with E-state index in [2.05, 4.69) is 4.90 Å². The molecule has 2 aromatic carbocycles. The molecule has 3 rings (SSSR count). The van der Waals surface area contributed by atoms with Gasteiger partial charge in [0.25, 0.3) is 5.91 Å². The summed E-state index contributed by atoms with van der Waals surface area (Å²) in [6, 6.07) is 12.1. The van der Waals surface area contributed by atoms with Crippen molar-refractivity contribution in [3.63, 3.8) is 0 Å². The second-order valence-electron chi connectivity index (χ2n) is 6.26. The molecule has 2 aromatic rings. The van der Waals surface area contributed by atoms with E-state index in [1.807, 2.05) is 6.92 Å². The minimum atomic E-state index is -0.585. The average molecular weight is 360 g/mol. The summed E-state index contributed by atoms with van der Waals surface area (Å²) in [5.41, 5.74) is 0.952. The summed E-state index contributed by atoms with van der Waals surface area (Å²) in [5.74, 6) is -0.174. The van der Waals surface area contributed by atoms with Crippen molar-refractivity contribution < 1.29 is 18.3 Å². The number of piperazine rings is 1. The Labute approximate surface area is 152 Å². The van der Waals surface area contributed by atoms with E-state index < -0.39 is 6.10 Å². The van der Waals surface area contributed by atoms with Crippen LogP contribution in [0.15, 0.2) is 48.5 Å². The van der Waals surface area contributed by atoms with Crippen LogP contribution in [0, 0.1) is 11.6 Å². The number of carbonyl (C=O) groups excluding carboxylic acids is 1. The van der Waals surface area contributed by atoms with Crippen LogP contribution in [0.5, 0.6) is 5.75 Å². The van der Waals surface area contributed by atoms with Crippen molar-refractivity contribution in [2.24, 2.45) is 0 Å². The normalized spacial score (nSPS) is 15.7. The Morgan fingerprint density at radius 3 is 2.04 bits per heavy atom. The predicted molar refractivity (Wildman–Crippen MR) is 96.3 cm³/mol. The lowest BCUT2D eigenvalue weighted by molar-refractivity contribution is -0.139. The SMILES string of the molecule is CCC(Oc1ccc(F)cc1)C(=O)N1CCN(c2ccc(F)cc2)CC1. The van der Waals surface area contributed by atoms with Crippen LogP contribution in [0.25, 0.3) is 0 Å². The summed E-state index contributed by atoms with van der Waals surface area (Å²) >= 11 is 0. The van der Waals surface area contributed by atoms with E-state index in [9.17, 15) is 13.6 Å². The molecule has 0 aliphatic carbocycles. The van der Waals surface area contributed by atoms with Gasteiger partial charge in [0.05, 0.1) is 0 Å². The molecule has 0 aromatic heterocycles. The fraction of sp³-hybridized carbons (Fsp3) is 0.350. The first-order valence-corrected chi connectivity index (χ1v) is 8.78. The summed E-state index contributed by atoms with van der Waals surface area (Å²) in [5, 5.41) is 0. The molecule has 26 heavy (non-hydrogen) atoms. The zero-order chi connectivity index (χ0) is 18.5. The van der Waals surface area contributed by atoms with Crippen LogP contribution >= 0.6 is 0 Å². The van der Waals surface area contributed by atoms with Gasteiger partial charge < -0.3 is 14.5 Å². The van der Waals surface area contributed by atoms with Crippen LogP contribution < -0.4 is 9.64 Å². The number of nitrogens with zero attached hydrogens (tertiary/aromatic N) is 2. The van der Waals surface area contributed by atoms with E-state index in [1.54, 1.807) is 17.0 Å². The van der Waals surface area contributed by atoms with Crippen LogP contribution in [0.2, 0.25) is 0 Å². The molecule has 6 heteroatoms. The van der Waals surface area contributed by atoms with Gasteiger partial charge >= 0.3 is 0 Å². The predicted octanol–water partition coefficient (Wildman–Crippen LogP) is 3.47. The van der Waals surface area contributed by atoms with Gasteiger partial charge in [0.2, 0.25) is 0 Å². The summed E-state index contributed by atoms with van der Waals surface area (Å²) in [6.45, 7) is 4.43. The Bertz CT molecular complexity index is 726. The van der Waals surface area contributed by atoms with Gasteiger partial charge in [-0.2, -0.15) is 0 Å². The summed E-state index contributed by atoms with van der Waals surface area (Å²) in [6.07, 6.45) is -0.0492. The molecular weight excluding hydrogens is 338 g/mol. The van der Waals surface area contributed by atoms with E-state index in [-0.39, 0.29) is 17.5 Å². The largest absolute Gasteiger partial charge is 0.481 e. The van der Waals surface area contributed by atoms with Crippen LogP contribution in [-0.4, -0.2) is 43.1 Å². The average Bonchev–Trinajstić information content (AvgIpc) is 2.68. The van der Waals surface area contributed by atoms with E-state index in [0.29, 0.717) is 38.3 Å². The van der Waals surface area contributed by atoms with Crippen molar-refractivity contribution in [1.29, 1.82) is 0 Å². The van der Waals surface area contributed by atoms with Crippen molar-refractivity contribution in [2.75, 3.05) is 31.1 Å². The number of ether oxygens (including phenoxy) is 1. The van der Waals surface area contributed by atoms with Crippen LogP contribution in [0.1, 0.15) is 13.3 Å². The highest BCUT2D eigenvalue weighted by Crippen LogP contribution is 2.19. The smallest absolute Gasteiger partial charge is 0.263 e. The minimum absolute atomic E-state index is 0.0596. The van der Waals surface area contributed by atoms with Gasteiger partial charge in [-0.3, -0.25) is 4.79 Å². The van der Waals surface area contributed by atoms with Crippen LogP contribution in [0.4, 0.5) is 14.5 Å². The zero-order valence-electron chi connectivity index (χ0n) is 14.7. The Kier molecular flexibility index (Phi) is 5.71. The van der Waals surface area contributed by atoms with Crippen LogP contribution in [-0.2, 0) is 4.79 Å². The van der Waals surface area contributed by atoms with Gasteiger partial charge in [-0.15, -0.1) is 0 Å². The number of amides is 1. The molecule has 1 unspecified atom stereocenters. The van der Waals surface area contributed by atoms with E-state index in [1.165, 1.54) is 36.4 Å². The van der Waals surface area contributed by atoms with E-state index in [0.717, 1.165) is 5.69 Å². The number of carbonyl (C=O) groups is 1. The first-order chi connectivity index (χ1) is 12.6. The summed E-state index contributed by atoms with van der Waals surface area (Å²) < 4.78 is 31.8. The zero-order valence-corrected chi connectivity index (χ0v) is 14.7.